The van der Waals surface area contributed by atoms with Crippen LogP contribution in [0.4, 0.5) is 18.0 Å². The molecule has 3 aromatic carbocycles. The van der Waals surface area contributed by atoms with Crippen LogP contribution in [-0.2, 0) is 33.8 Å². The van der Waals surface area contributed by atoms with E-state index in [0.717, 1.165) is 45.2 Å². The van der Waals surface area contributed by atoms with Crippen LogP contribution in [0.15, 0.2) is 83.7 Å². The van der Waals surface area contributed by atoms with E-state index >= 15 is 0 Å². The number of carboxylic acid groups (broad SMARTS) is 1. The smallest absolute Gasteiger partial charge is 0.475 e. The highest BCUT2D eigenvalue weighted by Crippen LogP contribution is 2.30. The average molecular weight is 805 g/mol. The van der Waals surface area contributed by atoms with E-state index in [0.29, 0.717) is 64.7 Å². The monoisotopic (exact) mass is 804 g/mol. The van der Waals surface area contributed by atoms with Crippen molar-refractivity contribution in [3.05, 3.63) is 106 Å². The molecule has 308 valence electrons. The number of aromatic nitrogens is 3. The van der Waals surface area contributed by atoms with Crippen molar-refractivity contribution in [2.45, 2.75) is 75.8 Å². The second kappa shape index (κ2) is 18.4. The molecule has 0 saturated carbocycles. The summed E-state index contributed by atoms with van der Waals surface area (Å²) in [6.07, 6.45) is -1.02. The highest BCUT2D eigenvalue weighted by atomic mass is 19.4. The third kappa shape index (κ3) is 9.70. The fourth-order valence-electron chi connectivity index (χ4n) is 7.75. The van der Waals surface area contributed by atoms with Crippen LogP contribution in [0.3, 0.4) is 0 Å². The molecule has 1 fully saturated rings. The number of imidazole rings is 1. The van der Waals surface area contributed by atoms with E-state index in [-0.39, 0.29) is 36.1 Å². The van der Waals surface area contributed by atoms with Crippen LogP contribution in [0.2, 0.25) is 0 Å². The minimum Gasteiger partial charge on any atom is -0.475 e. The van der Waals surface area contributed by atoms with Crippen molar-refractivity contribution in [3.8, 4) is 0 Å². The summed E-state index contributed by atoms with van der Waals surface area (Å²) in [6, 6.07) is 23.6. The number of para-hydroxylation sites is 3. The number of alkyl halides is 3. The van der Waals surface area contributed by atoms with Gasteiger partial charge in [0.15, 0.2) is 0 Å². The van der Waals surface area contributed by atoms with Crippen molar-refractivity contribution in [2.75, 3.05) is 26.2 Å². The predicted molar refractivity (Wildman–Crippen MR) is 211 cm³/mol. The minimum absolute atomic E-state index is 0.0452. The maximum Gasteiger partial charge on any atom is 0.490 e. The first-order valence-electron chi connectivity index (χ1n) is 19.3. The second-order valence-electron chi connectivity index (χ2n) is 14.5. The number of nitrogens with one attached hydrogen (secondary N) is 4. The zero-order chi connectivity index (χ0) is 41.4. The number of piperidine rings is 1. The number of H-pyrrole nitrogens is 2. The van der Waals surface area contributed by atoms with E-state index in [4.69, 9.17) is 15.6 Å². The number of carboxylic acids is 1. The Morgan fingerprint density at radius 2 is 1.55 bits per heavy atom. The normalized spacial score (nSPS) is 16.6. The first-order valence-corrected chi connectivity index (χ1v) is 19.3. The number of halogens is 3. The molecule has 7 N–H and O–H groups in total. The van der Waals surface area contributed by atoms with Gasteiger partial charge in [0.1, 0.15) is 12.1 Å². The Bertz CT molecular complexity index is 2280. The number of hydrogen-bond acceptors (Lipinski definition) is 6. The van der Waals surface area contributed by atoms with Gasteiger partial charge in [-0.2, -0.15) is 13.2 Å². The molecule has 0 bridgehead atoms. The van der Waals surface area contributed by atoms with E-state index in [2.05, 4.69) is 20.6 Å². The van der Waals surface area contributed by atoms with E-state index in [9.17, 15) is 32.3 Å². The number of benzene rings is 3. The summed E-state index contributed by atoms with van der Waals surface area (Å²) in [4.78, 5) is 73.9. The summed E-state index contributed by atoms with van der Waals surface area (Å²) < 4.78 is 33.5. The largest absolute Gasteiger partial charge is 0.490 e. The third-order valence-corrected chi connectivity index (χ3v) is 10.7. The Morgan fingerprint density at radius 3 is 2.24 bits per heavy atom. The fraction of sp³-hybridized carbons (Fsp3) is 0.390. The van der Waals surface area contributed by atoms with Gasteiger partial charge in [-0.1, -0.05) is 60.7 Å². The molecule has 4 amide bonds. The van der Waals surface area contributed by atoms with Crippen LogP contribution in [0.5, 0.6) is 0 Å². The molecule has 0 radical (unpaired) electrons. The van der Waals surface area contributed by atoms with Crippen LogP contribution >= 0.6 is 0 Å². The Morgan fingerprint density at radius 1 is 0.897 bits per heavy atom. The van der Waals surface area contributed by atoms with Gasteiger partial charge in [-0.25, -0.2) is 14.4 Å². The number of amides is 4. The Labute approximate surface area is 331 Å². The number of urea groups is 1. The van der Waals surface area contributed by atoms with E-state index in [1.165, 1.54) is 0 Å². The van der Waals surface area contributed by atoms with E-state index in [1.54, 1.807) is 14.4 Å². The maximum atomic E-state index is 14.5. The van der Waals surface area contributed by atoms with Crippen LogP contribution in [0, 0.1) is 0 Å². The second-order valence-corrected chi connectivity index (χ2v) is 14.5. The third-order valence-electron chi connectivity index (χ3n) is 10.7. The van der Waals surface area contributed by atoms with Crippen molar-refractivity contribution in [2.24, 2.45) is 5.73 Å². The number of rotatable bonds is 11. The highest BCUT2D eigenvalue weighted by molar-refractivity contribution is 5.94. The van der Waals surface area contributed by atoms with Crippen LogP contribution in [0.1, 0.15) is 55.0 Å². The topological polar surface area (TPSA) is 199 Å². The summed E-state index contributed by atoms with van der Waals surface area (Å²) >= 11 is 0. The molecule has 4 heterocycles. The number of unbranched alkanes of at least 4 members (excludes halogenated alkanes) is 1. The standard InChI is InChI=1S/C39H46N8O4.C2HF3O2/c40-20-9-8-16-35(36(48)41-21-17-26-10-2-1-3-11-26)46-25-33-29(28-12-4-5-13-30(28)42-33)24-32(37(46)49)44-38(50)45-22-18-27(19-23-45)47-34-15-7-6-14-31(34)43-39(47)51;3-2(4,5)1(6)7/h1-7,10-15,27,32,35,42H,8-9,16-25,40H2,(H,41,48)(H,43,51)(H,44,50);(H,6,7)/t32-,35+;/m1./s1. The van der Waals surface area contributed by atoms with Gasteiger partial charge in [0.2, 0.25) is 11.8 Å². The van der Waals surface area contributed by atoms with Crippen molar-refractivity contribution >= 4 is 45.8 Å². The maximum absolute atomic E-state index is 14.5. The van der Waals surface area contributed by atoms with Crippen molar-refractivity contribution in [1.29, 1.82) is 0 Å². The molecule has 5 aromatic rings. The number of carbonyl (C=O) groups excluding carboxylic acids is 3. The number of nitrogens with two attached hydrogens (primary N) is 1. The number of hydrogen-bond donors (Lipinski definition) is 6. The molecule has 14 nitrogen and oxygen atoms in total. The summed E-state index contributed by atoms with van der Waals surface area (Å²) in [6.45, 7) is 2.04. The average Bonchev–Trinajstić information content (AvgIpc) is 3.70. The van der Waals surface area contributed by atoms with Crippen molar-refractivity contribution < 1.29 is 37.5 Å². The summed E-state index contributed by atoms with van der Waals surface area (Å²) in [5.74, 6) is -3.25. The molecule has 0 spiro atoms. The SMILES string of the molecule is NCCCC[C@@H](C(=O)NCCc1ccccc1)N1Cc2[nH]c3ccccc3c2C[C@@H](NC(=O)N2CCC(n3c(=O)[nH]c4ccccc43)CC2)C1=O.O=C(O)C(F)(F)F. The lowest BCUT2D eigenvalue weighted by atomic mass is 10.0. The Hall–Kier alpha value is -6.10. The molecule has 0 unspecified atom stereocenters. The quantitative estimate of drug-likeness (QED) is 0.105. The van der Waals surface area contributed by atoms with Crippen molar-refractivity contribution in [3.63, 3.8) is 0 Å². The van der Waals surface area contributed by atoms with Gasteiger partial charge in [-0.05, 0) is 74.4 Å². The van der Waals surface area contributed by atoms with Gasteiger partial charge < -0.3 is 41.2 Å². The minimum atomic E-state index is -5.08. The Balaban J connectivity index is 0.000000743. The van der Waals surface area contributed by atoms with Gasteiger partial charge in [0, 0.05) is 48.7 Å². The molecule has 58 heavy (non-hydrogen) atoms. The molecule has 2 aromatic heterocycles. The van der Waals surface area contributed by atoms with Crippen LogP contribution < -0.4 is 22.1 Å². The molecule has 2 aliphatic heterocycles. The number of carbonyl (C=O) groups is 4. The molecule has 7 rings (SSSR count). The predicted octanol–water partition coefficient (Wildman–Crippen LogP) is 4.60. The van der Waals surface area contributed by atoms with E-state index < -0.39 is 24.2 Å². The lowest BCUT2D eigenvalue weighted by Gasteiger charge is -2.35. The van der Waals surface area contributed by atoms with Gasteiger partial charge >= 0.3 is 23.9 Å². The molecular formula is C41H47F3N8O6. The molecule has 2 atom stereocenters. The molecule has 0 aliphatic carbocycles. The number of aromatic amines is 2. The van der Waals surface area contributed by atoms with Gasteiger partial charge in [0.25, 0.3) is 0 Å². The highest BCUT2D eigenvalue weighted by Gasteiger charge is 2.40. The molecule has 1 saturated heterocycles. The lowest BCUT2D eigenvalue weighted by molar-refractivity contribution is -0.192. The van der Waals surface area contributed by atoms with Crippen LogP contribution in [0.25, 0.3) is 21.9 Å². The van der Waals surface area contributed by atoms with Gasteiger partial charge in [-0.3, -0.25) is 14.2 Å². The Kier molecular flexibility index (Phi) is 13.2. The first-order chi connectivity index (χ1) is 27.8. The molecule has 17 heteroatoms. The molecular weight excluding hydrogens is 757 g/mol. The van der Waals surface area contributed by atoms with Gasteiger partial charge in [0.05, 0.1) is 17.6 Å². The zero-order valence-corrected chi connectivity index (χ0v) is 31.8. The zero-order valence-electron chi connectivity index (χ0n) is 31.8. The van der Waals surface area contributed by atoms with E-state index in [1.807, 2.05) is 78.9 Å². The lowest BCUT2D eigenvalue weighted by Crippen LogP contribution is -2.57. The molecule has 2 aliphatic rings. The number of aliphatic carboxylic acids is 1. The number of likely N-dealkylation sites (tertiary alicyclic amines) is 1. The number of nitrogens with zero attached hydrogens (tertiary/aromatic N) is 3. The summed E-state index contributed by atoms with van der Waals surface area (Å²) in [7, 11) is 0. The summed E-state index contributed by atoms with van der Waals surface area (Å²) in [5.41, 5.74) is 11.2. The van der Waals surface area contributed by atoms with Crippen molar-refractivity contribution in [1.82, 2.24) is 35.0 Å². The summed E-state index contributed by atoms with van der Waals surface area (Å²) in [5, 5.41) is 14.3. The first kappa shape index (κ1) is 41.5. The number of fused-ring (bicyclic) bond motifs is 4. The van der Waals surface area contributed by atoms with Gasteiger partial charge in [-0.15, -0.1) is 0 Å². The fourth-order valence-corrected chi connectivity index (χ4v) is 7.75. The van der Waals surface area contributed by atoms with Crippen LogP contribution in [-0.4, -0.2) is 97.7 Å².